The van der Waals surface area contributed by atoms with Crippen molar-refractivity contribution in [2.75, 3.05) is 13.7 Å². The third-order valence-electron chi connectivity index (χ3n) is 5.20. The number of nitrogens with zero attached hydrogens (tertiary/aromatic N) is 2. The molecule has 0 spiro atoms. The van der Waals surface area contributed by atoms with Crippen molar-refractivity contribution in [2.24, 2.45) is 0 Å². The Hall–Kier alpha value is -2.66. The summed E-state index contributed by atoms with van der Waals surface area (Å²) in [6.45, 7) is 3.42. The SMILES string of the molecule is CCC(C(=O)OC)N1CCc2onc(-c3cccc4ccccc34)c2C1. The van der Waals surface area contributed by atoms with Crippen molar-refractivity contribution in [3.05, 3.63) is 53.8 Å². The summed E-state index contributed by atoms with van der Waals surface area (Å²) in [5.74, 6) is 0.739. The van der Waals surface area contributed by atoms with Gasteiger partial charge in [-0.1, -0.05) is 54.5 Å². The van der Waals surface area contributed by atoms with E-state index in [1.807, 2.05) is 25.1 Å². The Labute approximate surface area is 152 Å². The van der Waals surface area contributed by atoms with Crippen molar-refractivity contribution in [3.63, 3.8) is 0 Å². The predicted octanol–water partition coefficient (Wildman–Crippen LogP) is 3.80. The highest BCUT2D eigenvalue weighted by Crippen LogP contribution is 2.34. The molecule has 1 aliphatic heterocycles. The zero-order valence-corrected chi connectivity index (χ0v) is 15.1. The average Bonchev–Trinajstić information content (AvgIpc) is 3.11. The molecule has 0 radical (unpaired) electrons. The van der Waals surface area contributed by atoms with Crippen LogP contribution in [0, 0.1) is 0 Å². The maximum absolute atomic E-state index is 12.1. The van der Waals surface area contributed by atoms with Gasteiger partial charge in [0.2, 0.25) is 0 Å². The molecule has 2 heterocycles. The maximum atomic E-state index is 12.1. The lowest BCUT2D eigenvalue weighted by molar-refractivity contribution is -0.147. The van der Waals surface area contributed by atoms with Crippen LogP contribution in [0.5, 0.6) is 0 Å². The van der Waals surface area contributed by atoms with Crippen molar-refractivity contribution in [1.82, 2.24) is 10.1 Å². The molecule has 5 nitrogen and oxygen atoms in total. The summed E-state index contributed by atoms with van der Waals surface area (Å²) >= 11 is 0. The topological polar surface area (TPSA) is 55.6 Å². The fourth-order valence-corrected chi connectivity index (χ4v) is 3.85. The van der Waals surface area contributed by atoms with E-state index in [-0.39, 0.29) is 12.0 Å². The van der Waals surface area contributed by atoms with Crippen LogP contribution in [0.3, 0.4) is 0 Å². The van der Waals surface area contributed by atoms with E-state index < -0.39 is 0 Å². The molecule has 0 amide bonds. The first-order chi connectivity index (χ1) is 12.7. The fourth-order valence-electron chi connectivity index (χ4n) is 3.85. The van der Waals surface area contributed by atoms with E-state index >= 15 is 0 Å². The van der Waals surface area contributed by atoms with Gasteiger partial charge >= 0.3 is 5.97 Å². The van der Waals surface area contributed by atoms with E-state index in [4.69, 9.17) is 9.26 Å². The van der Waals surface area contributed by atoms with Gasteiger partial charge in [0.25, 0.3) is 0 Å². The van der Waals surface area contributed by atoms with Crippen molar-refractivity contribution >= 4 is 16.7 Å². The van der Waals surface area contributed by atoms with Crippen LogP contribution in [0.15, 0.2) is 47.0 Å². The Kier molecular flexibility index (Phi) is 4.47. The highest BCUT2D eigenvalue weighted by molar-refractivity contribution is 5.96. The standard InChI is InChI=1S/C21H22N2O3/c1-3-18(21(24)25-2)23-12-11-19-17(13-23)20(22-26-19)16-10-6-8-14-7-4-5-9-15(14)16/h4-10,18H,3,11-13H2,1-2H3. The summed E-state index contributed by atoms with van der Waals surface area (Å²) < 4.78 is 10.6. The third-order valence-corrected chi connectivity index (χ3v) is 5.20. The number of esters is 1. The summed E-state index contributed by atoms with van der Waals surface area (Å²) in [4.78, 5) is 14.3. The van der Waals surface area contributed by atoms with Gasteiger partial charge in [0.15, 0.2) is 0 Å². The molecule has 0 fully saturated rings. The molecule has 0 N–H and O–H groups in total. The van der Waals surface area contributed by atoms with Gasteiger partial charge in [-0.25, -0.2) is 0 Å². The van der Waals surface area contributed by atoms with Gasteiger partial charge in [-0.05, 0) is 17.2 Å². The molecule has 1 aliphatic rings. The van der Waals surface area contributed by atoms with Crippen molar-refractivity contribution in [3.8, 4) is 11.3 Å². The molecular formula is C21H22N2O3. The molecule has 1 atom stereocenters. The van der Waals surface area contributed by atoms with E-state index in [0.717, 1.165) is 47.4 Å². The number of ether oxygens (including phenoxy) is 1. The average molecular weight is 350 g/mol. The molecule has 0 aliphatic carbocycles. The second kappa shape index (κ2) is 6.92. The molecule has 134 valence electrons. The van der Waals surface area contributed by atoms with Gasteiger partial charge in [-0.15, -0.1) is 0 Å². The van der Waals surface area contributed by atoms with Crippen LogP contribution < -0.4 is 0 Å². The molecule has 1 unspecified atom stereocenters. The number of carbonyl (C=O) groups excluding carboxylic acids is 1. The Bertz CT molecular complexity index is 942. The third kappa shape index (κ3) is 2.78. The van der Waals surface area contributed by atoms with Gasteiger partial charge in [-0.2, -0.15) is 0 Å². The highest BCUT2D eigenvalue weighted by Gasteiger charge is 2.32. The maximum Gasteiger partial charge on any atom is 0.323 e. The molecular weight excluding hydrogens is 328 g/mol. The second-order valence-electron chi connectivity index (χ2n) is 6.63. The van der Waals surface area contributed by atoms with Crippen molar-refractivity contribution in [2.45, 2.75) is 32.4 Å². The summed E-state index contributed by atoms with van der Waals surface area (Å²) in [7, 11) is 1.45. The van der Waals surface area contributed by atoms with Gasteiger partial charge in [-0.3, -0.25) is 9.69 Å². The predicted molar refractivity (Wildman–Crippen MR) is 99.7 cm³/mol. The van der Waals surface area contributed by atoms with Gasteiger partial charge in [0.1, 0.15) is 17.5 Å². The number of methoxy groups -OCH3 is 1. The summed E-state index contributed by atoms with van der Waals surface area (Å²) in [6.07, 6.45) is 1.47. The molecule has 3 aromatic rings. The van der Waals surface area contributed by atoms with E-state index in [0.29, 0.717) is 6.54 Å². The summed E-state index contributed by atoms with van der Waals surface area (Å²) in [6, 6.07) is 14.3. The van der Waals surface area contributed by atoms with Gasteiger partial charge < -0.3 is 9.26 Å². The molecule has 5 heteroatoms. The Balaban J connectivity index is 1.74. The van der Waals surface area contributed by atoms with Gasteiger partial charge in [0, 0.05) is 30.6 Å². The van der Waals surface area contributed by atoms with Crippen molar-refractivity contribution < 1.29 is 14.1 Å². The minimum absolute atomic E-state index is 0.181. The smallest absolute Gasteiger partial charge is 0.323 e. The van der Waals surface area contributed by atoms with E-state index in [1.54, 1.807) is 0 Å². The first-order valence-electron chi connectivity index (χ1n) is 9.00. The normalized spacial score (nSPS) is 15.6. The summed E-state index contributed by atoms with van der Waals surface area (Å²) in [5, 5.41) is 6.72. The van der Waals surface area contributed by atoms with Crippen LogP contribution in [0.4, 0.5) is 0 Å². The monoisotopic (exact) mass is 350 g/mol. The van der Waals surface area contributed by atoms with E-state index in [9.17, 15) is 4.79 Å². The van der Waals surface area contributed by atoms with E-state index in [2.05, 4.69) is 34.3 Å². The minimum atomic E-state index is -0.233. The zero-order valence-electron chi connectivity index (χ0n) is 15.1. The quantitative estimate of drug-likeness (QED) is 0.670. The second-order valence-corrected chi connectivity index (χ2v) is 6.63. The fraction of sp³-hybridized carbons (Fsp3) is 0.333. The number of fused-ring (bicyclic) bond motifs is 2. The van der Waals surface area contributed by atoms with Crippen LogP contribution in [-0.4, -0.2) is 35.7 Å². The first-order valence-corrected chi connectivity index (χ1v) is 9.00. The van der Waals surface area contributed by atoms with Crippen LogP contribution in [0.2, 0.25) is 0 Å². The Morgan fingerprint density at radius 3 is 2.88 bits per heavy atom. The van der Waals surface area contributed by atoms with Crippen molar-refractivity contribution in [1.29, 1.82) is 0 Å². The van der Waals surface area contributed by atoms with Crippen LogP contribution >= 0.6 is 0 Å². The minimum Gasteiger partial charge on any atom is -0.468 e. The lowest BCUT2D eigenvalue weighted by atomic mass is 9.96. The molecule has 4 rings (SSSR count). The van der Waals surface area contributed by atoms with Crippen LogP contribution in [0.1, 0.15) is 24.7 Å². The van der Waals surface area contributed by atoms with Crippen LogP contribution in [0.25, 0.3) is 22.0 Å². The lowest BCUT2D eigenvalue weighted by Crippen LogP contribution is -2.44. The number of carbonyl (C=O) groups is 1. The molecule has 2 aromatic carbocycles. The molecule has 0 bridgehead atoms. The molecule has 0 saturated heterocycles. The highest BCUT2D eigenvalue weighted by atomic mass is 16.5. The van der Waals surface area contributed by atoms with Crippen LogP contribution in [-0.2, 0) is 22.5 Å². The first kappa shape index (κ1) is 16.8. The largest absolute Gasteiger partial charge is 0.468 e. The number of hydrogen-bond acceptors (Lipinski definition) is 5. The number of benzene rings is 2. The lowest BCUT2D eigenvalue weighted by Gasteiger charge is -2.31. The molecule has 1 aromatic heterocycles. The number of aromatic nitrogens is 1. The number of rotatable bonds is 4. The molecule has 0 saturated carbocycles. The van der Waals surface area contributed by atoms with Gasteiger partial charge in [0.05, 0.1) is 7.11 Å². The zero-order chi connectivity index (χ0) is 18.1. The van der Waals surface area contributed by atoms with E-state index in [1.165, 1.54) is 12.5 Å². The Morgan fingerprint density at radius 2 is 2.08 bits per heavy atom. The Morgan fingerprint density at radius 1 is 1.27 bits per heavy atom. The number of hydrogen-bond donors (Lipinski definition) is 0. The summed E-state index contributed by atoms with van der Waals surface area (Å²) in [5.41, 5.74) is 3.03. The molecule has 26 heavy (non-hydrogen) atoms.